The van der Waals surface area contributed by atoms with Crippen LogP contribution in [-0.2, 0) is 9.53 Å². The average Bonchev–Trinajstić information content (AvgIpc) is 3.10. The lowest BCUT2D eigenvalue weighted by Gasteiger charge is -2.14. The molecule has 28 heavy (non-hydrogen) atoms. The number of aromatic nitrogens is 3. The first-order chi connectivity index (χ1) is 13.5. The van der Waals surface area contributed by atoms with Crippen LogP contribution in [-0.4, -0.2) is 39.2 Å². The summed E-state index contributed by atoms with van der Waals surface area (Å²) in [6.45, 7) is 3.19. The van der Waals surface area contributed by atoms with E-state index in [0.717, 1.165) is 10.6 Å². The quantitative estimate of drug-likeness (QED) is 0.507. The summed E-state index contributed by atoms with van der Waals surface area (Å²) in [6.07, 6.45) is 0.941. The topological polar surface area (TPSA) is 86.1 Å². The second kappa shape index (κ2) is 8.71. The molecule has 144 valence electrons. The highest BCUT2D eigenvalue weighted by molar-refractivity contribution is 7.98. The number of benzene rings is 2. The van der Waals surface area contributed by atoms with E-state index in [9.17, 15) is 9.59 Å². The van der Waals surface area contributed by atoms with Crippen molar-refractivity contribution >= 4 is 29.3 Å². The van der Waals surface area contributed by atoms with Gasteiger partial charge in [-0.1, -0.05) is 30.3 Å². The summed E-state index contributed by atoms with van der Waals surface area (Å²) in [5.41, 5.74) is 1.90. The normalized spacial score (nSPS) is 11.7. The van der Waals surface area contributed by atoms with Crippen molar-refractivity contribution in [2.75, 3.05) is 11.6 Å². The van der Waals surface area contributed by atoms with Crippen LogP contribution in [0.5, 0.6) is 0 Å². The molecule has 2 aromatic carbocycles. The highest BCUT2D eigenvalue weighted by Gasteiger charge is 2.24. The predicted octanol–water partition coefficient (Wildman–Crippen LogP) is 3.48. The van der Waals surface area contributed by atoms with Gasteiger partial charge in [-0.3, -0.25) is 4.79 Å². The molecule has 1 aromatic heterocycles. The number of amides is 1. The Morgan fingerprint density at radius 1 is 1.07 bits per heavy atom. The Morgan fingerprint density at radius 3 is 2.46 bits per heavy atom. The average molecular weight is 396 g/mol. The van der Waals surface area contributed by atoms with Crippen molar-refractivity contribution in [3.8, 4) is 5.69 Å². The second-order valence-corrected chi connectivity index (χ2v) is 6.84. The molecular weight excluding hydrogens is 376 g/mol. The van der Waals surface area contributed by atoms with Crippen molar-refractivity contribution in [2.45, 2.75) is 24.8 Å². The molecule has 1 N–H and O–H groups in total. The first kappa shape index (κ1) is 19.6. The lowest BCUT2D eigenvalue weighted by molar-refractivity contribution is -0.123. The molecule has 0 radical (unpaired) electrons. The van der Waals surface area contributed by atoms with Crippen molar-refractivity contribution < 1.29 is 14.3 Å². The van der Waals surface area contributed by atoms with Crippen molar-refractivity contribution in [1.82, 2.24) is 15.0 Å². The first-order valence-corrected chi connectivity index (χ1v) is 9.86. The summed E-state index contributed by atoms with van der Waals surface area (Å²) in [7, 11) is 0. The van der Waals surface area contributed by atoms with E-state index < -0.39 is 18.0 Å². The molecule has 0 aliphatic carbocycles. The van der Waals surface area contributed by atoms with E-state index in [1.54, 1.807) is 13.0 Å². The Kier molecular flexibility index (Phi) is 6.10. The number of anilines is 1. The first-order valence-electron chi connectivity index (χ1n) is 8.64. The number of ether oxygens (including phenoxy) is 1. The lowest BCUT2D eigenvalue weighted by Crippen LogP contribution is -2.30. The van der Waals surface area contributed by atoms with Gasteiger partial charge in [0.1, 0.15) is 0 Å². The van der Waals surface area contributed by atoms with Crippen LogP contribution >= 0.6 is 11.8 Å². The molecule has 0 fully saturated rings. The summed E-state index contributed by atoms with van der Waals surface area (Å²) in [6, 6.07) is 16.7. The fraction of sp³-hybridized carbons (Fsp3) is 0.200. The molecule has 0 aliphatic heterocycles. The van der Waals surface area contributed by atoms with Crippen molar-refractivity contribution in [3.05, 3.63) is 66.0 Å². The van der Waals surface area contributed by atoms with Crippen molar-refractivity contribution in [1.29, 1.82) is 0 Å². The maximum atomic E-state index is 12.5. The Balaban J connectivity index is 1.69. The molecule has 1 amide bonds. The number of thioether (sulfide) groups is 1. The molecule has 0 spiro atoms. The maximum absolute atomic E-state index is 12.5. The van der Waals surface area contributed by atoms with Crippen LogP contribution in [0.1, 0.15) is 23.1 Å². The molecule has 1 atom stereocenters. The van der Waals surface area contributed by atoms with E-state index in [1.807, 2.05) is 54.8 Å². The van der Waals surface area contributed by atoms with Gasteiger partial charge in [-0.25, -0.2) is 4.79 Å². The number of carbonyl (C=O) groups is 2. The monoisotopic (exact) mass is 396 g/mol. The third-order valence-electron chi connectivity index (χ3n) is 3.98. The van der Waals surface area contributed by atoms with Gasteiger partial charge in [0, 0.05) is 4.90 Å². The molecule has 0 unspecified atom stereocenters. The van der Waals surface area contributed by atoms with Gasteiger partial charge in [-0.2, -0.15) is 9.90 Å². The van der Waals surface area contributed by atoms with Gasteiger partial charge in [0.05, 0.1) is 17.1 Å². The van der Waals surface area contributed by atoms with Gasteiger partial charge in [-0.05, 0) is 44.4 Å². The molecule has 3 aromatic rings. The second-order valence-electron chi connectivity index (χ2n) is 6.00. The molecule has 0 saturated carbocycles. The number of rotatable bonds is 6. The molecule has 0 saturated heterocycles. The van der Waals surface area contributed by atoms with Crippen LogP contribution < -0.4 is 5.32 Å². The fourth-order valence-electron chi connectivity index (χ4n) is 2.50. The van der Waals surface area contributed by atoms with Gasteiger partial charge in [0.15, 0.2) is 11.8 Å². The molecule has 7 nitrogen and oxygen atoms in total. The predicted molar refractivity (Wildman–Crippen MR) is 108 cm³/mol. The van der Waals surface area contributed by atoms with Crippen LogP contribution in [0.3, 0.4) is 0 Å². The number of nitrogens with one attached hydrogen (secondary N) is 1. The smallest absolute Gasteiger partial charge is 0.361 e. The molecular formula is C20H20N4O3S. The van der Waals surface area contributed by atoms with E-state index in [2.05, 4.69) is 15.5 Å². The van der Waals surface area contributed by atoms with Gasteiger partial charge >= 0.3 is 5.97 Å². The minimum Gasteiger partial charge on any atom is -0.448 e. The lowest BCUT2D eigenvalue weighted by atomic mass is 10.3. The molecule has 1 heterocycles. The summed E-state index contributed by atoms with van der Waals surface area (Å²) in [5.74, 6) is -1.11. The Labute approximate surface area is 167 Å². The largest absolute Gasteiger partial charge is 0.448 e. The number of hydrogen-bond donors (Lipinski definition) is 1. The van der Waals surface area contributed by atoms with E-state index in [4.69, 9.17) is 4.74 Å². The van der Waals surface area contributed by atoms with E-state index >= 15 is 0 Å². The van der Waals surface area contributed by atoms with Gasteiger partial charge < -0.3 is 10.1 Å². The molecule has 0 aliphatic rings. The van der Waals surface area contributed by atoms with Gasteiger partial charge in [0.25, 0.3) is 5.91 Å². The van der Waals surface area contributed by atoms with E-state index in [1.165, 1.54) is 23.5 Å². The third kappa shape index (κ3) is 4.40. The third-order valence-corrected chi connectivity index (χ3v) is 4.78. The number of esters is 1. The molecule has 0 bridgehead atoms. The summed E-state index contributed by atoms with van der Waals surface area (Å²) < 4.78 is 5.30. The van der Waals surface area contributed by atoms with Crippen LogP contribution in [0.2, 0.25) is 0 Å². The van der Waals surface area contributed by atoms with Crippen molar-refractivity contribution in [2.24, 2.45) is 0 Å². The zero-order chi connectivity index (χ0) is 20.1. The minimum absolute atomic E-state index is 0.0769. The van der Waals surface area contributed by atoms with Gasteiger partial charge in [0.2, 0.25) is 0 Å². The number of aryl methyl sites for hydroxylation is 1. The summed E-state index contributed by atoms with van der Waals surface area (Å²) >= 11 is 1.52. The zero-order valence-electron chi connectivity index (χ0n) is 15.7. The maximum Gasteiger partial charge on any atom is 0.361 e. The number of carbonyl (C=O) groups excluding carboxylic acids is 2. The van der Waals surface area contributed by atoms with Gasteiger partial charge in [-0.15, -0.1) is 16.9 Å². The summed E-state index contributed by atoms with van der Waals surface area (Å²) in [5, 5.41) is 11.2. The Hall–Kier alpha value is -3.13. The molecule has 8 heteroatoms. The van der Waals surface area contributed by atoms with Crippen LogP contribution in [0.25, 0.3) is 5.69 Å². The fourth-order valence-corrected chi connectivity index (χ4v) is 3.05. The molecule has 3 rings (SSSR count). The van der Waals surface area contributed by atoms with Crippen LogP contribution in [0.15, 0.2) is 59.5 Å². The van der Waals surface area contributed by atoms with Crippen molar-refractivity contribution in [3.63, 3.8) is 0 Å². The number of para-hydroxylation sites is 2. The highest BCUT2D eigenvalue weighted by Crippen LogP contribution is 2.24. The minimum atomic E-state index is -0.983. The number of hydrogen-bond acceptors (Lipinski definition) is 6. The van der Waals surface area contributed by atoms with E-state index in [0.29, 0.717) is 11.4 Å². The number of nitrogens with zero attached hydrogens (tertiary/aromatic N) is 3. The van der Waals surface area contributed by atoms with E-state index in [-0.39, 0.29) is 5.69 Å². The standard InChI is InChI=1S/C20H20N4O3S/c1-13-18(23-24(22-13)15-9-5-4-6-10-15)20(26)27-14(2)19(25)21-16-11-7-8-12-17(16)28-3/h4-12,14H,1-3H3,(H,21,25)/t14-/m0/s1. The SMILES string of the molecule is CSc1ccccc1NC(=O)[C@H](C)OC(=O)c1nn(-c2ccccc2)nc1C. The Bertz CT molecular complexity index is 988. The highest BCUT2D eigenvalue weighted by atomic mass is 32.2. The zero-order valence-corrected chi connectivity index (χ0v) is 16.6. The summed E-state index contributed by atoms with van der Waals surface area (Å²) in [4.78, 5) is 27.2. The Morgan fingerprint density at radius 2 is 1.75 bits per heavy atom. The van der Waals surface area contributed by atoms with Crippen LogP contribution in [0.4, 0.5) is 5.69 Å². The van der Waals surface area contributed by atoms with Crippen LogP contribution in [0, 0.1) is 6.92 Å².